The highest BCUT2D eigenvalue weighted by Crippen LogP contribution is 2.21. The van der Waals surface area contributed by atoms with Crippen molar-refractivity contribution in [1.82, 2.24) is 10.6 Å². The molecule has 15 heavy (non-hydrogen) atoms. The van der Waals surface area contributed by atoms with Gasteiger partial charge < -0.3 is 10.6 Å². The van der Waals surface area contributed by atoms with E-state index in [1.807, 2.05) is 0 Å². The van der Waals surface area contributed by atoms with Crippen LogP contribution in [0.2, 0.25) is 0 Å². The van der Waals surface area contributed by atoms with Gasteiger partial charge in [0.1, 0.15) is 0 Å². The highest BCUT2D eigenvalue weighted by Gasteiger charge is 2.14. The van der Waals surface area contributed by atoms with Crippen LogP contribution < -0.4 is 10.6 Å². The predicted octanol–water partition coefficient (Wildman–Crippen LogP) is 2.99. The summed E-state index contributed by atoms with van der Waals surface area (Å²) in [5.41, 5.74) is 0.170. The van der Waals surface area contributed by atoms with Crippen molar-refractivity contribution in [3.8, 4) is 0 Å². The van der Waals surface area contributed by atoms with E-state index in [9.17, 15) is 0 Å². The highest BCUT2D eigenvalue weighted by atomic mass is 79.9. The van der Waals surface area contributed by atoms with Crippen LogP contribution in [0.15, 0.2) is 15.9 Å². The van der Waals surface area contributed by atoms with Crippen molar-refractivity contribution >= 4 is 27.3 Å². The number of hydrogen-bond donors (Lipinski definition) is 2. The van der Waals surface area contributed by atoms with Crippen LogP contribution in [0.5, 0.6) is 0 Å². The number of likely N-dealkylation sites (N-methyl/N-ethyl adjacent to an activating group) is 1. The van der Waals surface area contributed by atoms with Crippen LogP contribution in [0.1, 0.15) is 25.6 Å². The molecule has 1 heterocycles. The maximum Gasteiger partial charge on any atom is 0.0701 e. The second-order valence-electron chi connectivity index (χ2n) is 4.22. The first-order valence-electron chi connectivity index (χ1n) is 5.23. The van der Waals surface area contributed by atoms with Gasteiger partial charge in [-0.25, -0.2) is 0 Å². The molecule has 0 saturated heterocycles. The zero-order chi connectivity index (χ0) is 11.3. The van der Waals surface area contributed by atoms with Gasteiger partial charge in [0.15, 0.2) is 0 Å². The second kappa shape index (κ2) is 5.99. The van der Waals surface area contributed by atoms with E-state index < -0.39 is 0 Å². The normalized spacial score (nSPS) is 12.0. The van der Waals surface area contributed by atoms with E-state index in [0.717, 1.165) is 19.6 Å². The molecule has 0 spiro atoms. The smallest absolute Gasteiger partial charge is 0.0701 e. The van der Waals surface area contributed by atoms with Gasteiger partial charge in [-0.3, -0.25) is 0 Å². The third-order valence-corrected chi connectivity index (χ3v) is 3.77. The molecular formula is C11H19BrN2S. The van der Waals surface area contributed by atoms with Crippen LogP contribution in [-0.2, 0) is 6.54 Å². The molecule has 1 aromatic rings. The molecule has 2 N–H and O–H groups in total. The molecule has 1 rings (SSSR count). The zero-order valence-electron chi connectivity index (χ0n) is 9.56. The second-order valence-corrected chi connectivity index (χ2v) is 6.77. The predicted molar refractivity (Wildman–Crippen MR) is 71.5 cm³/mol. The molecule has 1 aromatic heterocycles. The van der Waals surface area contributed by atoms with Crippen LogP contribution in [-0.4, -0.2) is 18.6 Å². The third kappa shape index (κ3) is 5.11. The Kier molecular flexibility index (Phi) is 5.26. The van der Waals surface area contributed by atoms with Gasteiger partial charge in [0.05, 0.1) is 3.79 Å². The van der Waals surface area contributed by atoms with Gasteiger partial charge in [-0.2, -0.15) is 0 Å². The lowest BCUT2D eigenvalue weighted by Gasteiger charge is -2.25. The molecule has 0 aromatic carbocycles. The molecule has 86 valence electrons. The highest BCUT2D eigenvalue weighted by molar-refractivity contribution is 9.11. The van der Waals surface area contributed by atoms with E-state index in [4.69, 9.17) is 0 Å². The van der Waals surface area contributed by atoms with Crippen molar-refractivity contribution in [2.75, 3.05) is 13.1 Å². The Morgan fingerprint density at radius 3 is 2.67 bits per heavy atom. The fourth-order valence-corrected chi connectivity index (χ4v) is 2.94. The van der Waals surface area contributed by atoms with E-state index >= 15 is 0 Å². The molecular weight excluding hydrogens is 272 g/mol. The van der Waals surface area contributed by atoms with Gasteiger partial charge in [-0.05, 0) is 48.5 Å². The van der Waals surface area contributed by atoms with Crippen LogP contribution in [0.4, 0.5) is 0 Å². The van der Waals surface area contributed by atoms with Gasteiger partial charge in [0.25, 0.3) is 0 Å². The molecule has 0 saturated carbocycles. The summed E-state index contributed by atoms with van der Waals surface area (Å²) in [7, 11) is 0. The molecule has 0 aliphatic carbocycles. The number of halogens is 1. The summed E-state index contributed by atoms with van der Waals surface area (Å²) in [4.78, 5) is 1.37. The molecule has 0 aliphatic heterocycles. The molecule has 0 bridgehead atoms. The fraction of sp³-hybridized carbons (Fsp3) is 0.636. The van der Waals surface area contributed by atoms with Gasteiger partial charge in [-0.15, -0.1) is 11.3 Å². The fourth-order valence-electron chi connectivity index (χ4n) is 1.49. The topological polar surface area (TPSA) is 24.1 Å². The van der Waals surface area contributed by atoms with Crippen molar-refractivity contribution in [3.05, 3.63) is 20.8 Å². The lowest BCUT2D eigenvalue weighted by Crippen LogP contribution is -2.47. The van der Waals surface area contributed by atoms with Gasteiger partial charge >= 0.3 is 0 Å². The maximum atomic E-state index is 3.47. The molecule has 0 radical (unpaired) electrons. The van der Waals surface area contributed by atoms with Crippen molar-refractivity contribution in [2.24, 2.45) is 0 Å². The molecule has 0 atom stereocenters. The first-order valence-corrected chi connectivity index (χ1v) is 6.84. The summed E-state index contributed by atoms with van der Waals surface area (Å²) < 4.78 is 1.20. The Morgan fingerprint density at radius 2 is 2.13 bits per heavy atom. The maximum absolute atomic E-state index is 3.47. The number of hydrogen-bond acceptors (Lipinski definition) is 3. The molecule has 4 heteroatoms. The Balaban J connectivity index is 2.27. The van der Waals surface area contributed by atoms with Crippen LogP contribution in [0, 0.1) is 0 Å². The van der Waals surface area contributed by atoms with Gasteiger partial charge in [0, 0.05) is 23.5 Å². The Hall–Kier alpha value is 0.1000. The monoisotopic (exact) mass is 290 g/mol. The minimum atomic E-state index is 0.170. The summed E-state index contributed by atoms with van der Waals surface area (Å²) in [6.45, 7) is 9.51. The summed E-state index contributed by atoms with van der Waals surface area (Å²) in [5, 5.41) is 6.91. The van der Waals surface area contributed by atoms with E-state index in [2.05, 4.69) is 59.5 Å². The molecule has 0 unspecified atom stereocenters. The van der Waals surface area contributed by atoms with E-state index in [1.165, 1.54) is 8.66 Å². The van der Waals surface area contributed by atoms with Crippen molar-refractivity contribution in [3.63, 3.8) is 0 Å². The van der Waals surface area contributed by atoms with E-state index in [1.54, 1.807) is 11.3 Å². The van der Waals surface area contributed by atoms with Crippen LogP contribution in [0.3, 0.4) is 0 Å². The molecule has 0 aliphatic rings. The Labute approximate surface area is 105 Å². The Morgan fingerprint density at radius 1 is 1.40 bits per heavy atom. The lowest BCUT2D eigenvalue weighted by atomic mass is 10.1. The number of nitrogens with one attached hydrogen (secondary N) is 2. The number of thiophene rings is 1. The van der Waals surface area contributed by atoms with E-state index in [-0.39, 0.29) is 5.54 Å². The average molecular weight is 291 g/mol. The first kappa shape index (κ1) is 13.2. The average Bonchev–Trinajstić information content (AvgIpc) is 2.51. The minimum Gasteiger partial charge on any atom is -0.311 e. The summed E-state index contributed by atoms with van der Waals surface area (Å²) in [6, 6.07) is 4.25. The van der Waals surface area contributed by atoms with E-state index in [0.29, 0.717) is 0 Å². The van der Waals surface area contributed by atoms with Crippen molar-refractivity contribution < 1.29 is 0 Å². The molecule has 0 amide bonds. The number of rotatable bonds is 6. The Bertz CT molecular complexity index is 297. The zero-order valence-corrected chi connectivity index (χ0v) is 12.0. The summed E-state index contributed by atoms with van der Waals surface area (Å²) >= 11 is 5.25. The summed E-state index contributed by atoms with van der Waals surface area (Å²) in [5.74, 6) is 0. The van der Waals surface area contributed by atoms with Crippen LogP contribution in [0.25, 0.3) is 0 Å². The molecule has 2 nitrogen and oxygen atoms in total. The molecule has 0 fully saturated rings. The van der Waals surface area contributed by atoms with Crippen LogP contribution >= 0.6 is 27.3 Å². The minimum absolute atomic E-state index is 0.170. The van der Waals surface area contributed by atoms with Gasteiger partial charge in [-0.1, -0.05) is 6.92 Å². The quantitative estimate of drug-likeness (QED) is 0.842. The standard InChI is InChI=1S/C11H19BrN2S/c1-4-14-11(2,3)8-13-7-9-5-6-10(12)15-9/h5-6,13-14H,4,7-8H2,1-3H3. The summed E-state index contributed by atoms with van der Waals surface area (Å²) in [6.07, 6.45) is 0. The third-order valence-electron chi connectivity index (χ3n) is 2.15. The first-order chi connectivity index (χ1) is 7.03. The van der Waals surface area contributed by atoms with Gasteiger partial charge in [0.2, 0.25) is 0 Å². The lowest BCUT2D eigenvalue weighted by molar-refractivity contribution is 0.374. The van der Waals surface area contributed by atoms with Crippen molar-refractivity contribution in [1.29, 1.82) is 0 Å². The largest absolute Gasteiger partial charge is 0.311 e. The van der Waals surface area contributed by atoms with Crippen molar-refractivity contribution in [2.45, 2.75) is 32.9 Å². The SMILES string of the molecule is CCNC(C)(C)CNCc1ccc(Br)s1.